The maximum absolute atomic E-state index is 10.0. The molecule has 6 aromatic rings. The average Bonchev–Trinajstić information content (AvgIpc) is 3.33. The van der Waals surface area contributed by atoms with Crippen molar-refractivity contribution in [2.24, 2.45) is 0 Å². The first kappa shape index (κ1) is 34.8. The second-order valence-electron chi connectivity index (χ2n) is 13.5. The zero-order chi connectivity index (χ0) is 31.8. The predicted octanol–water partition coefficient (Wildman–Crippen LogP) is 10.6. The molecule has 0 fully saturated rings. The van der Waals surface area contributed by atoms with Gasteiger partial charge in [-0.1, -0.05) is 44.4 Å². The van der Waals surface area contributed by atoms with Crippen molar-refractivity contribution in [2.75, 3.05) is 0 Å². The molecule has 233 valence electrons. The fourth-order valence-electron chi connectivity index (χ4n) is 5.54. The number of carbonyl (C=O) groups is 1. The van der Waals surface area contributed by atoms with Crippen molar-refractivity contribution < 1.29 is 30.0 Å². The van der Waals surface area contributed by atoms with Crippen molar-refractivity contribution >= 4 is 65.7 Å². The smallest absolute Gasteiger partial charge is 0.118 e. The molecule has 0 amide bonds. The number of nitrogens with zero attached hydrogens (tertiary/aromatic N) is 1. The first-order chi connectivity index (χ1) is 20.7. The molecule has 6 rings (SSSR count). The van der Waals surface area contributed by atoms with Crippen LogP contribution in [0.5, 0.6) is 0 Å². The molecule has 6 heteroatoms. The molecule has 2 aromatic heterocycles. The Morgan fingerprint density at radius 1 is 0.867 bits per heavy atom. The fourth-order valence-corrected chi connectivity index (χ4v) is 9.13. The number of benzene rings is 4. The minimum atomic E-state index is -1.81. The molecule has 0 aliphatic rings. The summed E-state index contributed by atoms with van der Waals surface area (Å²) < 4.78 is 4.12. The van der Waals surface area contributed by atoms with Gasteiger partial charge >= 0.3 is 161 Å². The van der Waals surface area contributed by atoms with E-state index in [0.717, 1.165) is 16.6 Å². The Labute approximate surface area is 287 Å². The van der Waals surface area contributed by atoms with Crippen LogP contribution in [0.15, 0.2) is 96.9 Å². The number of hydrogen-bond donors (Lipinski definition) is 1. The molecule has 3 nitrogen and oxygen atoms in total. The standard InChI is InChI=1S/C34H32GeNS.C5H8O2.Ir/c1-34(2,3)29-20-25(19-24-9-7-8-10-27(24)29)33-32-28-16-13-23(21-31(28)37-30(32)17-18-36-33)22-11-14-26(15-12-22)35(4,5)6;1-4(6)3-5(2)7;/h7-18,20-21H,1-6H3;3,6H,1-2H3;/q-1;;/b;4-3-;. The second-order valence-corrected chi connectivity index (χ2v) is 25.2. The molecular weight excluding hydrogens is 811 g/mol. The van der Waals surface area contributed by atoms with Crippen molar-refractivity contribution in [3.8, 4) is 22.4 Å². The van der Waals surface area contributed by atoms with Gasteiger partial charge in [-0.3, -0.25) is 4.79 Å². The molecular formula is C39H40GeIrNO2S-. The number of rotatable bonds is 4. The first-order valence-corrected chi connectivity index (χ1v) is 23.1. The van der Waals surface area contributed by atoms with E-state index >= 15 is 0 Å². The molecule has 0 spiro atoms. The molecule has 45 heavy (non-hydrogen) atoms. The number of hydrogen-bond acceptors (Lipinski definition) is 4. The summed E-state index contributed by atoms with van der Waals surface area (Å²) in [5, 5.41) is 13.3. The van der Waals surface area contributed by atoms with Gasteiger partial charge in [-0.2, -0.15) is 0 Å². The van der Waals surface area contributed by atoms with Gasteiger partial charge in [0.25, 0.3) is 0 Å². The summed E-state index contributed by atoms with van der Waals surface area (Å²) in [6.45, 7) is 9.70. The Morgan fingerprint density at radius 3 is 2.13 bits per heavy atom. The van der Waals surface area contributed by atoms with E-state index < -0.39 is 13.3 Å². The SMILES string of the molecule is CC(=O)/C=C(/C)O.CC(C)(C)c1cc(-c2nccc3sc4cc(-c5cc[c]([Ge]([CH3])([CH3])[CH3])cc5)ccc4c23)[c-]c2ccccc12.[Ir]. The van der Waals surface area contributed by atoms with Crippen LogP contribution in [0.4, 0.5) is 0 Å². The van der Waals surface area contributed by atoms with Crippen LogP contribution in [0.2, 0.25) is 17.3 Å². The van der Waals surface area contributed by atoms with Gasteiger partial charge in [-0.15, -0.1) is 17.0 Å². The van der Waals surface area contributed by atoms with Crippen LogP contribution in [0, 0.1) is 6.07 Å². The number of ketones is 1. The summed E-state index contributed by atoms with van der Waals surface area (Å²) in [6, 6.07) is 32.9. The van der Waals surface area contributed by atoms with Crippen LogP contribution in [0.3, 0.4) is 0 Å². The number of aliphatic hydroxyl groups excluding tert-OH is 1. The Bertz CT molecular complexity index is 2030. The van der Waals surface area contributed by atoms with E-state index in [1.165, 1.54) is 62.2 Å². The molecule has 0 unspecified atom stereocenters. The first-order valence-electron chi connectivity index (χ1n) is 15.0. The number of carbonyl (C=O) groups excluding carboxylic acids is 1. The minimum Gasteiger partial charge on any atom is -0.118 e. The number of thiophene rings is 1. The summed E-state index contributed by atoms with van der Waals surface area (Å²) in [5.41, 5.74) is 6.00. The number of pyridine rings is 1. The fraction of sp³-hybridized carbons (Fsp3) is 0.231. The summed E-state index contributed by atoms with van der Waals surface area (Å²) in [5.74, 6) is 7.27. The maximum atomic E-state index is 10.0. The Kier molecular flexibility index (Phi) is 10.6. The van der Waals surface area contributed by atoms with E-state index in [1.54, 1.807) is 4.40 Å². The van der Waals surface area contributed by atoms with Crippen LogP contribution >= 0.6 is 11.3 Å². The monoisotopic (exact) mass is 853 g/mol. The second kappa shape index (κ2) is 13.7. The van der Waals surface area contributed by atoms with E-state index in [0.29, 0.717) is 0 Å². The van der Waals surface area contributed by atoms with Gasteiger partial charge in [-0.05, 0) is 19.3 Å². The Balaban J connectivity index is 0.000000519. The topological polar surface area (TPSA) is 50.2 Å². The van der Waals surface area contributed by atoms with Gasteiger partial charge in [0.05, 0.1) is 5.76 Å². The van der Waals surface area contributed by atoms with Crippen LogP contribution in [-0.4, -0.2) is 29.1 Å². The summed E-state index contributed by atoms with van der Waals surface area (Å²) in [4.78, 5) is 14.9. The number of aliphatic hydroxyl groups is 1. The van der Waals surface area contributed by atoms with Gasteiger partial charge in [0.2, 0.25) is 0 Å². The average molecular weight is 852 g/mol. The van der Waals surface area contributed by atoms with Gasteiger partial charge in [0, 0.05) is 26.2 Å². The number of allylic oxidation sites excluding steroid dienone is 2. The van der Waals surface area contributed by atoms with Crippen molar-refractivity contribution in [3.63, 3.8) is 0 Å². The van der Waals surface area contributed by atoms with Crippen LogP contribution < -0.4 is 4.40 Å². The summed E-state index contributed by atoms with van der Waals surface area (Å²) in [7, 11) is 0. The van der Waals surface area contributed by atoms with Gasteiger partial charge in [0.1, 0.15) is 0 Å². The third-order valence-corrected chi connectivity index (χ3v) is 13.2. The minimum absolute atomic E-state index is 0. The molecule has 1 N–H and O–H groups in total. The quantitative estimate of drug-likeness (QED) is 0.0832. The van der Waals surface area contributed by atoms with E-state index in [2.05, 4.69) is 123 Å². The predicted molar refractivity (Wildman–Crippen MR) is 193 cm³/mol. The molecule has 0 saturated heterocycles. The van der Waals surface area contributed by atoms with Crippen molar-refractivity contribution in [1.29, 1.82) is 0 Å². The molecule has 0 aliphatic carbocycles. The molecule has 4 aromatic carbocycles. The molecule has 0 atom stereocenters. The molecule has 2 heterocycles. The third kappa shape index (κ3) is 7.84. The molecule has 0 bridgehead atoms. The molecule has 0 aliphatic heterocycles. The van der Waals surface area contributed by atoms with Gasteiger partial charge in [-0.25, -0.2) is 0 Å². The van der Waals surface area contributed by atoms with Gasteiger partial charge in [0.15, 0.2) is 5.78 Å². The third-order valence-electron chi connectivity index (χ3n) is 7.72. The van der Waals surface area contributed by atoms with Crippen LogP contribution in [0.25, 0.3) is 53.3 Å². The van der Waals surface area contributed by atoms with E-state index in [4.69, 9.17) is 10.1 Å². The summed E-state index contributed by atoms with van der Waals surface area (Å²) in [6.07, 6.45) is 3.12. The number of aromatic nitrogens is 1. The van der Waals surface area contributed by atoms with Crippen molar-refractivity contribution in [2.45, 2.75) is 57.3 Å². The van der Waals surface area contributed by atoms with Crippen molar-refractivity contribution in [1.82, 2.24) is 4.98 Å². The molecule has 1 radical (unpaired) electrons. The van der Waals surface area contributed by atoms with E-state index in [9.17, 15) is 4.79 Å². The van der Waals surface area contributed by atoms with E-state index in [-0.39, 0.29) is 37.1 Å². The summed E-state index contributed by atoms with van der Waals surface area (Å²) >= 11 is 0.0416. The van der Waals surface area contributed by atoms with Crippen molar-refractivity contribution in [3.05, 3.63) is 109 Å². The zero-order valence-corrected chi connectivity index (χ0v) is 32.5. The Morgan fingerprint density at radius 2 is 1.53 bits per heavy atom. The van der Waals surface area contributed by atoms with E-state index in [1.807, 2.05) is 17.5 Å². The van der Waals surface area contributed by atoms with Gasteiger partial charge < -0.3 is 5.11 Å². The molecule has 0 saturated carbocycles. The Hall–Kier alpha value is -3.09. The van der Waals surface area contributed by atoms with Crippen LogP contribution in [-0.2, 0) is 30.3 Å². The van der Waals surface area contributed by atoms with Crippen LogP contribution in [0.1, 0.15) is 40.2 Å². The normalized spacial score (nSPS) is 12.1. The zero-order valence-electron chi connectivity index (χ0n) is 27.2. The number of fused-ring (bicyclic) bond motifs is 4.